The molecular weight excluding hydrogens is 410 g/mol. The van der Waals surface area contributed by atoms with E-state index >= 15 is 0 Å². The largest absolute Gasteiger partial charge is 0.372 e. The van der Waals surface area contributed by atoms with Gasteiger partial charge in [0.15, 0.2) is 0 Å². The Labute approximate surface area is 209 Å². The molecule has 2 aromatic rings. The van der Waals surface area contributed by atoms with Crippen LogP contribution < -0.4 is 0 Å². The topological polar surface area (TPSA) is 3.24 Å². The fourth-order valence-corrected chi connectivity index (χ4v) is 5.62. The molecule has 0 aliphatic heterocycles. The highest BCUT2D eigenvalue weighted by Crippen LogP contribution is 2.40. The maximum Gasteiger partial charge on any atom is 0.0360 e. The summed E-state index contributed by atoms with van der Waals surface area (Å²) in [6.07, 6.45) is 9.60. The van der Waals surface area contributed by atoms with E-state index in [4.69, 9.17) is 0 Å². The van der Waals surface area contributed by atoms with Crippen molar-refractivity contribution in [2.24, 2.45) is 11.8 Å². The molecule has 0 heterocycles. The highest BCUT2D eigenvalue weighted by molar-refractivity contribution is 5.69. The minimum Gasteiger partial charge on any atom is -0.372 e. The van der Waals surface area contributed by atoms with Crippen molar-refractivity contribution >= 4 is 5.57 Å². The van der Waals surface area contributed by atoms with Gasteiger partial charge in [-0.15, -0.1) is 0 Å². The maximum atomic E-state index is 4.49. The first-order valence-electron chi connectivity index (χ1n) is 13.4. The molecule has 0 radical (unpaired) electrons. The van der Waals surface area contributed by atoms with Crippen molar-refractivity contribution in [3.63, 3.8) is 0 Å². The summed E-state index contributed by atoms with van der Waals surface area (Å²) in [6, 6.07) is 20.0. The van der Waals surface area contributed by atoms with Gasteiger partial charge in [-0.05, 0) is 91.6 Å². The Kier molecular flexibility index (Phi) is 9.81. The molecule has 0 spiro atoms. The van der Waals surface area contributed by atoms with Crippen molar-refractivity contribution in [3.8, 4) is 0 Å². The predicted octanol–water partition coefficient (Wildman–Crippen LogP) is 9.18. The van der Waals surface area contributed by atoms with Gasteiger partial charge in [-0.1, -0.05) is 94.1 Å². The highest BCUT2D eigenvalue weighted by atomic mass is 15.1. The summed E-state index contributed by atoms with van der Waals surface area (Å²) in [4.78, 5) is 2.48. The molecule has 182 valence electrons. The second kappa shape index (κ2) is 12.8. The second-order valence-electron chi connectivity index (χ2n) is 10.4. The van der Waals surface area contributed by atoms with E-state index in [1.54, 1.807) is 0 Å². The lowest BCUT2D eigenvalue weighted by Crippen LogP contribution is -2.29. The van der Waals surface area contributed by atoms with Gasteiger partial charge in [0, 0.05) is 18.8 Å². The van der Waals surface area contributed by atoms with Crippen LogP contribution in [0, 0.1) is 18.8 Å². The van der Waals surface area contributed by atoms with Crippen molar-refractivity contribution in [2.45, 2.75) is 72.1 Å². The van der Waals surface area contributed by atoms with E-state index in [1.165, 1.54) is 47.9 Å². The molecule has 1 fully saturated rings. The molecule has 1 heteroatoms. The first-order valence-corrected chi connectivity index (χ1v) is 13.4. The number of allylic oxidation sites excluding steroid dienone is 2. The summed E-state index contributed by atoms with van der Waals surface area (Å²) in [5, 5.41) is 0. The molecule has 1 aliphatic rings. The van der Waals surface area contributed by atoms with Crippen molar-refractivity contribution < 1.29 is 0 Å². The Bertz CT molecular complexity index is 950. The fourth-order valence-electron chi connectivity index (χ4n) is 5.62. The molecule has 3 atom stereocenters. The van der Waals surface area contributed by atoms with Crippen LogP contribution in [0.15, 0.2) is 85.1 Å². The molecular formula is C33H45N. The van der Waals surface area contributed by atoms with Crippen LogP contribution in [-0.2, 0) is 0 Å². The van der Waals surface area contributed by atoms with Gasteiger partial charge < -0.3 is 4.90 Å². The van der Waals surface area contributed by atoms with E-state index in [0.717, 1.165) is 49.0 Å². The van der Waals surface area contributed by atoms with E-state index in [1.807, 2.05) is 0 Å². The zero-order valence-corrected chi connectivity index (χ0v) is 22.0. The lowest BCUT2D eigenvalue weighted by Gasteiger charge is -2.36. The molecule has 3 unspecified atom stereocenters. The number of aryl methyl sites for hydroxylation is 1. The van der Waals surface area contributed by atoms with E-state index in [0.29, 0.717) is 5.92 Å². The highest BCUT2D eigenvalue weighted by Gasteiger charge is 2.27. The maximum absolute atomic E-state index is 4.49. The third-order valence-electron chi connectivity index (χ3n) is 7.52. The first-order chi connectivity index (χ1) is 16.4. The summed E-state index contributed by atoms with van der Waals surface area (Å²) in [7, 11) is 0. The van der Waals surface area contributed by atoms with Gasteiger partial charge in [-0.3, -0.25) is 0 Å². The van der Waals surface area contributed by atoms with Crippen LogP contribution in [0.2, 0.25) is 0 Å². The lowest BCUT2D eigenvalue weighted by atomic mass is 9.72. The van der Waals surface area contributed by atoms with Crippen molar-refractivity contribution in [2.75, 3.05) is 13.1 Å². The number of nitrogens with zero attached hydrogens (tertiary/aromatic N) is 1. The summed E-state index contributed by atoms with van der Waals surface area (Å²) in [5.74, 6) is 2.28. The van der Waals surface area contributed by atoms with Gasteiger partial charge in [0.05, 0.1) is 0 Å². The van der Waals surface area contributed by atoms with Gasteiger partial charge in [-0.25, -0.2) is 0 Å². The Morgan fingerprint density at radius 3 is 2.29 bits per heavy atom. The summed E-state index contributed by atoms with van der Waals surface area (Å²) < 4.78 is 0. The smallest absolute Gasteiger partial charge is 0.0360 e. The third kappa shape index (κ3) is 7.23. The van der Waals surface area contributed by atoms with Gasteiger partial charge in [-0.2, -0.15) is 0 Å². The Morgan fingerprint density at radius 1 is 0.941 bits per heavy atom. The monoisotopic (exact) mass is 455 g/mol. The van der Waals surface area contributed by atoms with Gasteiger partial charge in [0.2, 0.25) is 0 Å². The predicted molar refractivity (Wildman–Crippen MR) is 150 cm³/mol. The number of benzene rings is 2. The zero-order chi connectivity index (χ0) is 24.5. The molecule has 2 aromatic carbocycles. The van der Waals surface area contributed by atoms with Gasteiger partial charge >= 0.3 is 0 Å². The third-order valence-corrected chi connectivity index (χ3v) is 7.52. The molecule has 0 bridgehead atoms. The number of hydrogen-bond donors (Lipinski definition) is 0. The SMILES string of the molecule is C=C(/C=C(\CC)c1ccc(C)cc1)C(=C)N(CCC)CCC1CC(C)CC(c2ccccc2)C1. The van der Waals surface area contributed by atoms with Crippen LogP contribution in [0.1, 0.15) is 81.9 Å². The second-order valence-corrected chi connectivity index (χ2v) is 10.4. The van der Waals surface area contributed by atoms with Crippen molar-refractivity contribution in [3.05, 3.63) is 102 Å². The van der Waals surface area contributed by atoms with Crippen LogP contribution in [0.25, 0.3) is 5.57 Å². The Balaban J connectivity index is 1.64. The molecule has 0 N–H and O–H groups in total. The summed E-state index contributed by atoms with van der Waals surface area (Å²) >= 11 is 0. The van der Waals surface area contributed by atoms with E-state index in [2.05, 4.69) is 106 Å². The van der Waals surface area contributed by atoms with Gasteiger partial charge in [0.1, 0.15) is 0 Å². The van der Waals surface area contributed by atoms with Crippen LogP contribution in [0.5, 0.6) is 0 Å². The molecule has 1 saturated carbocycles. The first kappa shape index (κ1) is 26.1. The number of rotatable bonds is 11. The minimum absolute atomic E-state index is 0.706. The van der Waals surface area contributed by atoms with Crippen molar-refractivity contribution in [1.82, 2.24) is 4.90 Å². The molecule has 1 aliphatic carbocycles. The minimum atomic E-state index is 0.706. The molecule has 0 saturated heterocycles. The normalized spacial score (nSPS) is 20.7. The summed E-state index contributed by atoms with van der Waals surface area (Å²) in [5.41, 5.74) is 7.56. The lowest BCUT2D eigenvalue weighted by molar-refractivity contribution is 0.217. The van der Waals surface area contributed by atoms with E-state index in [-0.39, 0.29) is 0 Å². The summed E-state index contributed by atoms with van der Waals surface area (Å²) in [6.45, 7) is 20.1. The van der Waals surface area contributed by atoms with Gasteiger partial charge in [0.25, 0.3) is 0 Å². The average molecular weight is 456 g/mol. The molecule has 34 heavy (non-hydrogen) atoms. The quantitative estimate of drug-likeness (QED) is 0.305. The van der Waals surface area contributed by atoms with Crippen LogP contribution in [0.4, 0.5) is 0 Å². The van der Waals surface area contributed by atoms with E-state index < -0.39 is 0 Å². The van der Waals surface area contributed by atoms with Crippen molar-refractivity contribution in [1.29, 1.82) is 0 Å². The number of hydrogen-bond acceptors (Lipinski definition) is 1. The fraction of sp³-hybridized carbons (Fsp3) is 0.455. The van der Waals surface area contributed by atoms with E-state index in [9.17, 15) is 0 Å². The van der Waals surface area contributed by atoms with Crippen LogP contribution in [-0.4, -0.2) is 18.0 Å². The van der Waals surface area contributed by atoms with Crippen LogP contribution in [0.3, 0.4) is 0 Å². The Morgan fingerprint density at radius 2 is 1.65 bits per heavy atom. The average Bonchev–Trinajstić information content (AvgIpc) is 2.85. The standard InChI is InChI=1S/C33H45N/c1-7-19-34(28(6)27(5)23-30(8-2)32-16-14-25(3)15-17-32)20-18-29-21-26(4)22-33(24-29)31-12-10-9-11-13-31/h9-17,23,26,29,33H,5-8,18-22,24H2,1-4H3/b30-23+. The van der Waals surface area contributed by atoms with Crippen LogP contribution >= 0.6 is 0 Å². The Hall–Kier alpha value is -2.54. The zero-order valence-electron chi connectivity index (χ0n) is 22.0. The molecule has 0 aromatic heterocycles. The molecule has 3 rings (SSSR count). The molecule has 0 amide bonds. The molecule has 1 nitrogen and oxygen atoms in total.